The molecular weight excluding hydrogens is 256 g/mol. The number of rotatable bonds is 9. The van der Waals surface area contributed by atoms with Crippen LogP contribution in [-0.4, -0.2) is 67.9 Å². The van der Waals surface area contributed by atoms with Gasteiger partial charge in [-0.2, -0.15) is 0 Å². The fourth-order valence-corrected chi connectivity index (χ4v) is 3.59. The minimum absolute atomic E-state index is 0.0713. The van der Waals surface area contributed by atoms with Crippen LogP contribution < -0.4 is 0 Å². The van der Waals surface area contributed by atoms with Crippen LogP contribution in [0, 0.1) is 0 Å². The van der Waals surface area contributed by atoms with E-state index in [-0.39, 0.29) is 17.6 Å². The molecule has 118 valence electrons. The second kappa shape index (κ2) is 7.84. The smallest absolute Gasteiger partial charge is 0.321 e. The minimum Gasteiger partial charge on any atom is -0.383 e. The fraction of sp³-hybridized carbons (Fsp3) is 0.933. The second-order valence-corrected chi connectivity index (χ2v) is 5.35. The molecule has 1 heterocycles. The lowest BCUT2D eigenvalue weighted by atomic mass is 9.82. The van der Waals surface area contributed by atoms with Crippen molar-refractivity contribution in [3.8, 4) is 0 Å². The Morgan fingerprint density at radius 2 is 1.60 bits per heavy atom. The maximum Gasteiger partial charge on any atom is 0.321 e. The lowest BCUT2D eigenvalue weighted by Crippen LogP contribution is -2.52. The van der Waals surface area contributed by atoms with E-state index in [2.05, 4.69) is 20.8 Å². The topological polar surface area (TPSA) is 42.0 Å². The van der Waals surface area contributed by atoms with E-state index in [1.807, 2.05) is 9.80 Å². The van der Waals surface area contributed by atoms with E-state index in [1.54, 1.807) is 14.2 Å². The van der Waals surface area contributed by atoms with E-state index in [0.717, 1.165) is 19.3 Å². The minimum atomic E-state index is -0.0713. The van der Waals surface area contributed by atoms with Gasteiger partial charge in [0.2, 0.25) is 0 Å². The molecule has 1 fully saturated rings. The third-order valence-corrected chi connectivity index (χ3v) is 4.68. The number of hydrogen-bond donors (Lipinski definition) is 0. The summed E-state index contributed by atoms with van der Waals surface area (Å²) >= 11 is 0. The Bertz CT molecular complexity index is 305. The van der Waals surface area contributed by atoms with Crippen LogP contribution in [0.5, 0.6) is 0 Å². The van der Waals surface area contributed by atoms with Crippen molar-refractivity contribution in [2.45, 2.75) is 51.6 Å². The average Bonchev–Trinajstić information content (AvgIpc) is 2.70. The van der Waals surface area contributed by atoms with E-state index in [1.165, 1.54) is 0 Å². The van der Waals surface area contributed by atoms with Crippen molar-refractivity contribution in [1.29, 1.82) is 0 Å². The summed E-state index contributed by atoms with van der Waals surface area (Å²) in [6, 6.07) is 0.395. The zero-order valence-corrected chi connectivity index (χ0v) is 13.6. The molecule has 5 heteroatoms. The number of ether oxygens (including phenoxy) is 2. The van der Waals surface area contributed by atoms with Gasteiger partial charge in [0.25, 0.3) is 0 Å². The molecule has 0 aromatic heterocycles. The summed E-state index contributed by atoms with van der Waals surface area (Å²) in [5, 5.41) is 0. The van der Waals surface area contributed by atoms with Crippen LogP contribution in [0.4, 0.5) is 4.79 Å². The van der Waals surface area contributed by atoms with Crippen LogP contribution in [0.3, 0.4) is 0 Å². The van der Waals surface area contributed by atoms with Crippen LogP contribution in [0.2, 0.25) is 0 Å². The Hall–Kier alpha value is -0.810. The number of hydrogen-bond acceptors (Lipinski definition) is 3. The quantitative estimate of drug-likeness (QED) is 0.653. The Kier molecular flexibility index (Phi) is 6.76. The third kappa shape index (κ3) is 2.93. The summed E-state index contributed by atoms with van der Waals surface area (Å²) in [7, 11) is 3.36. The van der Waals surface area contributed by atoms with Gasteiger partial charge < -0.3 is 19.3 Å². The van der Waals surface area contributed by atoms with Crippen molar-refractivity contribution < 1.29 is 14.3 Å². The van der Waals surface area contributed by atoms with Crippen molar-refractivity contribution in [3.63, 3.8) is 0 Å². The van der Waals surface area contributed by atoms with E-state index in [4.69, 9.17) is 9.47 Å². The van der Waals surface area contributed by atoms with Gasteiger partial charge in [-0.3, -0.25) is 0 Å². The molecule has 1 rings (SSSR count). The Morgan fingerprint density at radius 1 is 1.05 bits per heavy atom. The van der Waals surface area contributed by atoms with Crippen LogP contribution in [0.15, 0.2) is 0 Å². The van der Waals surface area contributed by atoms with Gasteiger partial charge in [-0.25, -0.2) is 4.79 Å². The van der Waals surface area contributed by atoms with Crippen molar-refractivity contribution >= 4 is 6.03 Å². The van der Waals surface area contributed by atoms with E-state index >= 15 is 0 Å². The molecule has 1 atom stereocenters. The first kappa shape index (κ1) is 17.2. The predicted molar refractivity (Wildman–Crippen MR) is 80.0 cm³/mol. The average molecular weight is 286 g/mol. The predicted octanol–water partition coefficient (Wildman–Crippen LogP) is 2.35. The first-order chi connectivity index (χ1) is 9.62. The Morgan fingerprint density at radius 3 is 2.05 bits per heavy atom. The maximum absolute atomic E-state index is 12.8. The molecule has 0 radical (unpaired) electrons. The van der Waals surface area contributed by atoms with Gasteiger partial charge in [-0.1, -0.05) is 20.8 Å². The summed E-state index contributed by atoms with van der Waals surface area (Å²) in [5.74, 6) is 0. The normalized spacial score (nSPS) is 21.9. The molecule has 2 amide bonds. The molecule has 1 aliphatic rings. The Balaban J connectivity index is 3.03. The van der Waals surface area contributed by atoms with Gasteiger partial charge in [-0.05, 0) is 19.3 Å². The van der Waals surface area contributed by atoms with Gasteiger partial charge in [0.05, 0.1) is 24.8 Å². The molecule has 5 nitrogen and oxygen atoms in total. The molecule has 1 aliphatic heterocycles. The summed E-state index contributed by atoms with van der Waals surface area (Å²) < 4.78 is 10.3. The molecule has 0 bridgehead atoms. The summed E-state index contributed by atoms with van der Waals surface area (Å²) in [4.78, 5) is 16.8. The molecule has 0 spiro atoms. The first-order valence-electron chi connectivity index (χ1n) is 7.68. The van der Waals surface area contributed by atoms with Crippen molar-refractivity contribution in [3.05, 3.63) is 0 Å². The van der Waals surface area contributed by atoms with Crippen LogP contribution in [0.1, 0.15) is 40.0 Å². The number of nitrogens with zero attached hydrogens (tertiary/aromatic N) is 2. The number of urea groups is 1. The van der Waals surface area contributed by atoms with Gasteiger partial charge in [-0.15, -0.1) is 0 Å². The molecule has 20 heavy (non-hydrogen) atoms. The number of methoxy groups -OCH3 is 2. The lowest BCUT2D eigenvalue weighted by molar-refractivity contribution is 0.0843. The maximum atomic E-state index is 12.8. The standard InChI is InChI=1S/C15H30N2O3/c1-6-13-15(7-2,8-3)17(10-12-20-5)14(18)16(13)9-11-19-4/h13H,6-12H2,1-5H3. The highest BCUT2D eigenvalue weighted by molar-refractivity contribution is 5.79. The van der Waals surface area contributed by atoms with E-state index in [9.17, 15) is 4.79 Å². The Labute approximate surface area is 123 Å². The highest BCUT2D eigenvalue weighted by atomic mass is 16.5. The molecule has 1 saturated heterocycles. The van der Waals surface area contributed by atoms with Crippen molar-refractivity contribution in [1.82, 2.24) is 9.80 Å². The second-order valence-electron chi connectivity index (χ2n) is 5.35. The van der Waals surface area contributed by atoms with Gasteiger partial charge >= 0.3 is 6.03 Å². The fourth-order valence-electron chi connectivity index (χ4n) is 3.59. The number of amides is 2. The zero-order valence-electron chi connectivity index (χ0n) is 13.6. The van der Waals surface area contributed by atoms with Crippen molar-refractivity contribution in [2.75, 3.05) is 40.5 Å². The molecule has 0 N–H and O–H groups in total. The molecule has 0 aliphatic carbocycles. The highest BCUT2D eigenvalue weighted by Crippen LogP contribution is 2.39. The molecule has 0 saturated carbocycles. The van der Waals surface area contributed by atoms with Crippen molar-refractivity contribution in [2.24, 2.45) is 0 Å². The monoisotopic (exact) mass is 286 g/mol. The summed E-state index contributed by atoms with van der Waals surface area (Å²) in [6.07, 6.45) is 2.92. The third-order valence-electron chi connectivity index (χ3n) is 4.68. The lowest BCUT2D eigenvalue weighted by Gasteiger charge is -2.40. The zero-order chi connectivity index (χ0) is 15.2. The van der Waals surface area contributed by atoms with Gasteiger partial charge in [0.1, 0.15) is 0 Å². The van der Waals surface area contributed by atoms with Crippen LogP contribution >= 0.6 is 0 Å². The molecule has 0 aromatic carbocycles. The molecule has 0 aromatic rings. The summed E-state index contributed by atoms with van der Waals surface area (Å²) in [6.45, 7) is 9.03. The van der Waals surface area contributed by atoms with Gasteiger partial charge in [0, 0.05) is 27.3 Å². The molecule has 1 unspecified atom stereocenters. The largest absolute Gasteiger partial charge is 0.383 e. The highest BCUT2D eigenvalue weighted by Gasteiger charge is 2.53. The SMILES string of the molecule is CCC1N(CCOC)C(=O)N(CCOC)C1(CC)CC. The van der Waals surface area contributed by atoms with Crippen LogP contribution in [0.25, 0.3) is 0 Å². The van der Waals surface area contributed by atoms with Crippen LogP contribution in [-0.2, 0) is 9.47 Å². The van der Waals surface area contributed by atoms with Gasteiger partial charge in [0.15, 0.2) is 0 Å². The number of carbonyl (C=O) groups excluding carboxylic acids is 1. The summed E-state index contributed by atoms with van der Waals surface area (Å²) in [5.41, 5.74) is -0.0713. The molecular formula is C15H30N2O3. The van der Waals surface area contributed by atoms with E-state index in [0.29, 0.717) is 26.3 Å². The van der Waals surface area contributed by atoms with E-state index < -0.39 is 0 Å². The number of carbonyl (C=O) groups is 1. The first-order valence-corrected chi connectivity index (χ1v) is 7.68.